The molecular formula is C30H34N6O4. The number of para-hydroxylation sites is 1. The molecule has 5 heterocycles. The second kappa shape index (κ2) is 10.9. The number of hydrogen-bond acceptors (Lipinski definition) is 9. The number of fused-ring (bicyclic) bond motifs is 2. The summed E-state index contributed by atoms with van der Waals surface area (Å²) in [5.74, 6) is 2.73. The largest absolute Gasteiger partial charge is 0.494 e. The number of anilines is 3. The van der Waals surface area contributed by atoms with Gasteiger partial charge < -0.3 is 29.2 Å². The number of methoxy groups -OCH3 is 1. The summed E-state index contributed by atoms with van der Waals surface area (Å²) in [6.07, 6.45) is 4.14. The summed E-state index contributed by atoms with van der Waals surface area (Å²) in [7, 11) is 1.70. The number of aromatic nitrogens is 3. The van der Waals surface area contributed by atoms with Crippen LogP contribution in [-0.2, 0) is 4.74 Å². The SMILES string of the molecule is COc1cc(N2CCC(N3CCOCC3)CC2)ccc1Nc1ncc2ccc(-c3cccc4c3OCCO4)n2n1. The van der Waals surface area contributed by atoms with Crippen molar-refractivity contribution in [2.75, 3.05) is 69.9 Å². The summed E-state index contributed by atoms with van der Waals surface area (Å²) >= 11 is 0. The molecule has 3 aliphatic rings. The molecule has 0 unspecified atom stereocenters. The van der Waals surface area contributed by atoms with Gasteiger partial charge in [0.25, 0.3) is 0 Å². The maximum absolute atomic E-state index is 5.96. The second-order valence-corrected chi connectivity index (χ2v) is 10.3. The maximum Gasteiger partial charge on any atom is 0.245 e. The van der Waals surface area contributed by atoms with E-state index in [2.05, 4.69) is 32.2 Å². The van der Waals surface area contributed by atoms with Crippen LogP contribution < -0.4 is 24.4 Å². The molecule has 4 aromatic rings. The van der Waals surface area contributed by atoms with Crippen molar-refractivity contribution in [3.05, 3.63) is 54.7 Å². The van der Waals surface area contributed by atoms with Crippen LogP contribution in [-0.4, -0.2) is 85.3 Å². The Balaban J connectivity index is 1.10. The molecule has 2 aromatic carbocycles. The van der Waals surface area contributed by atoms with Crippen molar-refractivity contribution in [3.63, 3.8) is 0 Å². The summed E-state index contributed by atoms with van der Waals surface area (Å²) in [5, 5.41) is 8.18. The Labute approximate surface area is 233 Å². The quantitative estimate of drug-likeness (QED) is 0.385. The normalized spacial score (nSPS) is 18.2. The van der Waals surface area contributed by atoms with Gasteiger partial charge in [0, 0.05) is 49.5 Å². The van der Waals surface area contributed by atoms with Gasteiger partial charge in [-0.25, -0.2) is 9.50 Å². The van der Waals surface area contributed by atoms with Gasteiger partial charge in [0.05, 0.1) is 43.4 Å². The molecule has 0 spiro atoms. The van der Waals surface area contributed by atoms with Crippen molar-refractivity contribution in [2.45, 2.75) is 18.9 Å². The number of rotatable bonds is 6. The molecule has 208 valence electrons. The first kappa shape index (κ1) is 25.0. The molecule has 0 aliphatic carbocycles. The number of hydrogen-bond donors (Lipinski definition) is 1. The van der Waals surface area contributed by atoms with E-state index in [9.17, 15) is 0 Å². The van der Waals surface area contributed by atoms with Crippen molar-refractivity contribution in [1.82, 2.24) is 19.5 Å². The Morgan fingerprint density at radius 2 is 1.77 bits per heavy atom. The van der Waals surface area contributed by atoms with Crippen LogP contribution in [0.4, 0.5) is 17.3 Å². The number of nitrogens with zero attached hydrogens (tertiary/aromatic N) is 5. The van der Waals surface area contributed by atoms with Crippen LogP contribution in [0, 0.1) is 0 Å². The van der Waals surface area contributed by atoms with Crippen molar-refractivity contribution >= 4 is 22.8 Å². The van der Waals surface area contributed by atoms with Crippen LogP contribution in [0.25, 0.3) is 16.8 Å². The fourth-order valence-corrected chi connectivity index (χ4v) is 5.97. The Morgan fingerprint density at radius 3 is 2.62 bits per heavy atom. The van der Waals surface area contributed by atoms with Crippen molar-refractivity contribution in [2.24, 2.45) is 0 Å². The molecule has 2 aromatic heterocycles. The van der Waals surface area contributed by atoms with Gasteiger partial charge in [-0.3, -0.25) is 4.90 Å². The van der Waals surface area contributed by atoms with Crippen LogP contribution in [0.5, 0.6) is 17.2 Å². The van der Waals surface area contributed by atoms with E-state index >= 15 is 0 Å². The van der Waals surface area contributed by atoms with Gasteiger partial charge in [-0.2, -0.15) is 0 Å². The van der Waals surface area contributed by atoms with Crippen LogP contribution in [0.2, 0.25) is 0 Å². The number of piperidine rings is 1. The van der Waals surface area contributed by atoms with Gasteiger partial charge in [-0.15, -0.1) is 5.10 Å². The molecule has 10 heteroatoms. The molecule has 0 atom stereocenters. The summed E-state index contributed by atoms with van der Waals surface area (Å²) in [6, 6.07) is 16.9. The average molecular weight is 543 g/mol. The molecule has 2 saturated heterocycles. The Bertz CT molecular complexity index is 1490. The maximum atomic E-state index is 5.96. The molecule has 0 amide bonds. The zero-order valence-corrected chi connectivity index (χ0v) is 22.7. The Morgan fingerprint density at radius 1 is 0.925 bits per heavy atom. The zero-order valence-electron chi connectivity index (χ0n) is 22.7. The molecule has 0 radical (unpaired) electrons. The summed E-state index contributed by atoms with van der Waals surface area (Å²) in [4.78, 5) is 9.60. The third kappa shape index (κ3) is 4.77. The van der Waals surface area contributed by atoms with Crippen molar-refractivity contribution in [1.29, 1.82) is 0 Å². The van der Waals surface area contributed by atoms with Gasteiger partial charge in [0.2, 0.25) is 5.95 Å². The molecule has 10 nitrogen and oxygen atoms in total. The highest BCUT2D eigenvalue weighted by Gasteiger charge is 2.26. The number of morpholine rings is 1. The topological polar surface area (TPSA) is 85.6 Å². The van der Waals surface area contributed by atoms with E-state index in [1.165, 1.54) is 5.69 Å². The molecule has 1 N–H and O–H groups in total. The van der Waals surface area contributed by atoms with Gasteiger partial charge in [0.15, 0.2) is 11.5 Å². The fourth-order valence-electron chi connectivity index (χ4n) is 5.97. The summed E-state index contributed by atoms with van der Waals surface area (Å²) in [6.45, 7) is 6.95. The fraction of sp³-hybridized carbons (Fsp3) is 0.400. The molecule has 2 fully saturated rings. The molecular weight excluding hydrogens is 508 g/mol. The van der Waals surface area contributed by atoms with Crippen molar-refractivity contribution in [3.8, 4) is 28.5 Å². The van der Waals surface area contributed by atoms with E-state index in [1.54, 1.807) is 7.11 Å². The smallest absolute Gasteiger partial charge is 0.245 e. The average Bonchev–Trinajstić information content (AvgIpc) is 3.44. The monoisotopic (exact) mass is 542 g/mol. The number of nitrogens with one attached hydrogen (secondary N) is 1. The molecule has 3 aliphatic heterocycles. The highest BCUT2D eigenvalue weighted by molar-refractivity contribution is 5.75. The standard InChI is InChI=1S/C30H34N6O4/c1-37-28-19-22(34-11-9-21(10-12-34)35-13-15-38-16-14-35)5-7-25(28)32-30-31-20-23-6-8-26(36(23)33-30)24-3-2-4-27-29(24)40-18-17-39-27/h2-8,19-21H,9-18H2,1H3,(H,32,33). The summed E-state index contributed by atoms with van der Waals surface area (Å²) < 4.78 is 24.9. The van der Waals surface area contributed by atoms with Gasteiger partial charge >= 0.3 is 0 Å². The highest BCUT2D eigenvalue weighted by Crippen LogP contribution is 2.40. The van der Waals surface area contributed by atoms with Crippen LogP contribution in [0.1, 0.15) is 12.8 Å². The van der Waals surface area contributed by atoms with E-state index in [0.717, 1.165) is 91.9 Å². The van der Waals surface area contributed by atoms with Crippen LogP contribution >= 0.6 is 0 Å². The molecule has 40 heavy (non-hydrogen) atoms. The number of benzene rings is 2. The third-order valence-electron chi connectivity index (χ3n) is 8.06. The van der Waals surface area contributed by atoms with Crippen molar-refractivity contribution < 1.29 is 18.9 Å². The molecule has 0 bridgehead atoms. The van der Waals surface area contributed by atoms with Crippen LogP contribution in [0.15, 0.2) is 54.7 Å². The lowest BCUT2D eigenvalue weighted by Crippen LogP contribution is -2.49. The summed E-state index contributed by atoms with van der Waals surface area (Å²) in [5.41, 5.74) is 4.71. The van der Waals surface area contributed by atoms with Gasteiger partial charge in [-0.05, 0) is 49.2 Å². The minimum atomic E-state index is 0.476. The van der Waals surface area contributed by atoms with E-state index in [0.29, 0.717) is 25.2 Å². The zero-order chi connectivity index (χ0) is 26.9. The highest BCUT2D eigenvalue weighted by atomic mass is 16.6. The Hall–Kier alpha value is -4.02. The lowest BCUT2D eigenvalue weighted by atomic mass is 10.0. The minimum Gasteiger partial charge on any atom is -0.494 e. The van der Waals surface area contributed by atoms with E-state index in [1.807, 2.05) is 47.1 Å². The van der Waals surface area contributed by atoms with Crippen LogP contribution in [0.3, 0.4) is 0 Å². The van der Waals surface area contributed by atoms with Gasteiger partial charge in [-0.1, -0.05) is 6.07 Å². The second-order valence-electron chi connectivity index (χ2n) is 10.3. The first-order valence-electron chi connectivity index (χ1n) is 14.0. The first-order chi connectivity index (χ1) is 19.8. The van der Waals surface area contributed by atoms with E-state index < -0.39 is 0 Å². The lowest BCUT2D eigenvalue weighted by molar-refractivity contribution is 0.0115. The number of ether oxygens (including phenoxy) is 4. The lowest BCUT2D eigenvalue weighted by Gasteiger charge is -2.40. The third-order valence-corrected chi connectivity index (χ3v) is 8.06. The van der Waals surface area contributed by atoms with E-state index in [-0.39, 0.29) is 0 Å². The van der Waals surface area contributed by atoms with E-state index in [4.69, 9.17) is 24.0 Å². The molecule has 0 saturated carbocycles. The predicted molar refractivity (Wildman–Crippen MR) is 153 cm³/mol. The van der Waals surface area contributed by atoms with Gasteiger partial charge in [0.1, 0.15) is 19.0 Å². The minimum absolute atomic E-state index is 0.476. The first-order valence-corrected chi connectivity index (χ1v) is 14.0. The molecule has 7 rings (SSSR count). The predicted octanol–water partition coefficient (Wildman–Crippen LogP) is 4.22. The Kier molecular flexibility index (Phi) is 6.78.